The summed E-state index contributed by atoms with van der Waals surface area (Å²) in [6, 6.07) is -1.33. The zero-order chi connectivity index (χ0) is 11.6. The molecule has 2 amide bonds. The number of carboxylic acids is 1. The van der Waals surface area contributed by atoms with E-state index < -0.39 is 24.2 Å². The number of hydrogen-bond donors (Lipinski definition) is 3. The van der Waals surface area contributed by atoms with Crippen molar-refractivity contribution in [3.8, 4) is 0 Å². The van der Waals surface area contributed by atoms with Crippen LogP contribution < -0.4 is 0 Å². The van der Waals surface area contributed by atoms with Gasteiger partial charge < -0.3 is 20.2 Å². The topological polar surface area (TPSA) is 118 Å². The van der Waals surface area contributed by atoms with E-state index in [1.165, 1.54) is 0 Å². The van der Waals surface area contributed by atoms with Gasteiger partial charge in [-0.2, -0.15) is 0 Å². The third kappa shape index (κ3) is 2.27. The molecule has 15 heavy (non-hydrogen) atoms. The van der Waals surface area contributed by atoms with Gasteiger partial charge in [0, 0.05) is 13.1 Å². The molecular weight excluding hydrogens is 208 g/mol. The molecule has 0 aliphatic carbocycles. The van der Waals surface area contributed by atoms with Gasteiger partial charge in [-0.15, -0.1) is 0 Å². The summed E-state index contributed by atoms with van der Waals surface area (Å²) in [5.74, 6) is -1.34. The molecule has 8 heteroatoms. The van der Waals surface area contributed by atoms with Crippen molar-refractivity contribution in [1.82, 2.24) is 9.80 Å². The highest BCUT2D eigenvalue weighted by molar-refractivity contribution is 5.80. The predicted octanol–water partition coefficient (Wildman–Crippen LogP) is -0.587. The highest BCUT2D eigenvalue weighted by Crippen LogP contribution is 2.10. The highest BCUT2D eigenvalue weighted by atomic mass is 16.4. The molecule has 0 aromatic rings. The molecule has 0 radical (unpaired) electrons. The lowest BCUT2D eigenvalue weighted by atomic mass is 10.2. The molecule has 0 spiro atoms. The average Bonchev–Trinajstić information content (AvgIpc) is 2.16. The number of hydrogen-bond acceptors (Lipinski definition) is 3. The fraction of sp³-hybridized carbons (Fsp3) is 0.571. The van der Waals surface area contributed by atoms with Gasteiger partial charge in [0.25, 0.3) is 0 Å². The van der Waals surface area contributed by atoms with E-state index in [-0.39, 0.29) is 19.6 Å². The minimum absolute atomic E-state index is 0.00852. The van der Waals surface area contributed by atoms with Crippen molar-refractivity contribution in [2.45, 2.75) is 6.04 Å². The van der Waals surface area contributed by atoms with Crippen molar-refractivity contribution in [2.24, 2.45) is 0 Å². The van der Waals surface area contributed by atoms with E-state index in [4.69, 9.17) is 15.3 Å². The number of aliphatic carboxylic acids is 1. The van der Waals surface area contributed by atoms with Gasteiger partial charge in [0.2, 0.25) is 0 Å². The van der Waals surface area contributed by atoms with Crippen molar-refractivity contribution in [3.05, 3.63) is 0 Å². The van der Waals surface area contributed by atoms with E-state index in [0.717, 1.165) is 9.80 Å². The van der Waals surface area contributed by atoms with Crippen molar-refractivity contribution in [3.63, 3.8) is 0 Å². The molecule has 1 unspecified atom stereocenters. The van der Waals surface area contributed by atoms with Gasteiger partial charge in [-0.05, 0) is 0 Å². The quantitative estimate of drug-likeness (QED) is 0.541. The Hall–Kier alpha value is -1.99. The van der Waals surface area contributed by atoms with E-state index >= 15 is 0 Å². The third-order valence-corrected chi connectivity index (χ3v) is 2.18. The SMILES string of the molecule is O=C(O)C1CN(C(=O)O)CCN1C(=O)O. The molecule has 1 heterocycles. The van der Waals surface area contributed by atoms with Crippen LogP contribution in [0.15, 0.2) is 0 Å². The van der Waals surface area contributed by atoms with Crippen LogP contribution in [0.5, 0.6) is 0 Å². The van der Waals surface area contributed by atoms with Crippen LogP contribution in [0, 0.1) is 0 Å². The lowest BCUT2D eigenvalue weighted by Crippen LogP contribution is -2.58. The van der Waals surface area contributed by atoms with Gasteiger partial charge in [0.1, 0.15) is 0 Å². The minimum atomic E-state index is -1.35. The zero-order valence-corrected chi connectivity index (χ0v) is 7.66. The maximum atomic E-state index is 10.7. The summed E-state index contributed by atoms with van der Waals surface area (Å²) < 4.78 is 0. The number of amides is 2. The van der Waals surface area contributed by atoms with Crippen LogP contribution in [-0.4, -0.2) is 69.0 Å². The van der Waals surface area contributed by atoms with Gasteiger partial charge in [0.15, 0.2) is 6.04 Å². The van der Waals surface area contributed by atoms with E-state index in [1.807, 2.05) is 0 Å². The van der Waals surface area contributed by atoms with Gasteiger partial charge in [-0.3, -0.25) is 4.90 Å². The molecule has 1 aliphatic rings. The molecule has 0 aromatic heterocycles. The molecule has 1 atom stereocenters. The average molecular weight is 218 g/mol. The number of nitrogens with zero attached hydrogens (tertiary/aromatic N) is 2. The molecule has 1 saturated heterocycles. The highest BCUT2D eigenvalue weighted by Gasteiger charge is 2.36. The smallest absolute Gasteiger partial charge is 0.408 e. The monoisotopic (exact) mass is 218 g/mol. The third-order valence-electron chi connectivity index (χ3n) is 2.18. The molecule has 1 rings (SSSR count). The fourth-order valence-corrected chi connectivity index (χ4v) is 1.40. The summed E-state index contributed by atoms with van der Waals surface area (Å²) >= 11 is 0. The molecule has 3 N–H and O–H groups in total. The molecule has 84 valence electrons. The maximum absolute atomic E-state index is 10.7. The summed E-state index contributed by atoms with van der Waals surface area (Å²) in [5, 5.41) is 26.0. The first-order valence-corrected chi connectivity index (χ1v) is 4.13. The second kappa shape index (κ2) is 4.03. The normalized spacial score (nSPS) is 21.2. The summed E-state index contributed by atoms with van der Waals surface area (Å²) in [6.45, 7) is -0.471. The van der Waals surface area contributed by atoms with Crippen LogP contribution in [-0.2, 0) is 4.79 Å². The fourth-order valence-electron chi connectivity index (χ4n) is 1.40. The molecular formula is C7H10N2O6. The maximum Gasteiger partial charge on any atom is 0.408 e. The summed E-state index contributed by atoms with van der Waals surface area (Å²) in [6.07, 6.45) is -2.60. The van der Waals surface area contributed by atoms with Crippen LogP contribution in [0.1, 0.15) is 0 Å². The molecule has 1 aliphatic heterocycles. The summed E-state index contributed by atoms with van der Waals surface area (Å²) in [4.78, 5) is 33.5. The van der Waals surface area contributed by atoms with Gasteiger partial charge >= 0.3 is 18.2 Å². The standard InChI is InChI=1S/C7H10N2O6/c10-5(11)4-3-8(6(12)13)1-2-9(4)7(14)15/h4H,1-3H2,(H,10,11)(H,12,13)(H,14,15). The Bertz CT molecular complexity index is 304. The summed E-state index contributed by atoms with van der Waals surface area (Å²) in [7, 11) is 0. The zero-order valence-electron chi connectivity index (χ0n) is 7.66. The summed E-state index contributed by atoms with van der Waals surface area (Å²) in [5.41, 5.74) is 0. The lowest BCUT2D eigenvalue weighted by molar-refractivity contribution is -0.144. The van der Waals surface area contributed by atoms with Gasteiger partial charge in [-0.1, -0.05) is 0 Å². The van der Waals surface area contributed by atoms with E-state index in [9.17, 15) is 14.4 Å². The second-order valence-electron chi connectivity index (χ2n) is 3.06. The molecule has 0 saturated carbocycles. The predicted molar refractivity (Wildman–Crippen MR) is 45.8 cm³/mol. The number of carboxylic acid groups (broad SMARTS) is 3. The van der Waals surface area contributed by atoms with Crippen LogP contribution in [0.3, 0.4) is 0 Å². The van der Waals surface area contributed by atoms with E-state index in [1.54, 1.807) is 0 Å². The van der Waals surface area contributed by atoms with E-state index in [2.05, 4.69) is 0 Å². The van der Waals surface area contributed by atoms with Crippen LogP contribution in [0.25, 0.3) is 0 Å². The molecule has 0 bridgehead atoms. The first kappa shape index (κ1) is 11.1. The van der Waals surface area contributed by atoms with Crippen molar-refractivity contribution in [1.29, 1.82) is 0 Å². The number of rotatable bonds is 1. The Balaban J connectivity index is 2.78. The van der Waals surface area contributed by atoms with Crippen LogP contribution in [0.4, 0.5) is 9.59 Å². The minimum Gasteiger partial charge on any atom is -0.480 e. The van der Waals surface area contributed by atoms with Crippen molar-refractivity contribution in [2.75, 3.05) is 19.6 Å². The Labute approximate surface area is 84.3 Å². The molecule has 0 aromatic carbocycles. The van der Waals surface area contributed by atoms with Crippen molar-refractivity contribution >= 4 is 18.2 Å². The van der Waals surface area contributed by atoms with Crippen LogP contribution in [0.2, 0.25) is 0 Å². The largest absolute Gasteiger partial charge is 0.480 e. The molecule has 1 fully saturated rings. The Morgan fingerprint density at radius 1 is 1.00 bits per heavy atom. The number of piperazine rings is 1. The van der Waals surface area contributed by atoms with Crippen molar-refractivity contribution < 1.29 is 29.7 Å². The second-order valence-corrected chi connectivity index (χ2v) is 3.06. The Morgan fingerprint density at radius 2 is 1.60 bits per heavy atom. The lowest BCUT2D eigenvalue weighted by Gasteiger charge is -2.36. The Morgan fingerprint density at radius 3 is 2.00 bits per heavy atom. The Kier molecular flexibility index (Phi) is 2.98. The van der Waals surface area contributed by atoms with Crippen LogP contribution >= 0.6 is 0 Å². The molecule has 8 nitrogen and oxygen atoms in total. The van der Waals surface area contributed by atoms with Gasteiger partial charge in [0.05, 0.1) is 6.54 Å². The van der Waals surface area contributed by atoms with Gasteiger partial charge in [-0.25, -0.2) is 14.4 Å². The van der Waals surface area contributed by atoms with E-state index in [0.29, 0.717) is 0 Å². The number of carbonyl (C=O) groups is 3. The first-order chi connectivity index (χ1) is 6.93. The first-order valence-electron chi connectivity index (χ1n) is 4.13.